The molecular weight excluding hydrogens is 376 g/mol. The first-order chi connectivity index (χ1) is 11.4. The minimum Gasteiger partial charge on any atom is -0.465 e. The number of hydrogen-bond acceptors (Lipinski definition) is 5. The van der Waals surface area contributed by atoms with Gasteiger partial charge < -0.3 is 14.9 Å². The van der Waals surface area contributed by atoms with E-state index in [1.165, 1.54) is 4.90 Å². The van der Waals surface area contributed by atoms with Gasteiger partial charge >= 0.3 is 6.09 Å². The van der Waals surface area contributed by atoms with E-state index in [9.17, 15) is 4.79 Å². The fourth-order valence-corrected chi connectivity index (χ4v) is 3.23. The van der Waals surface area contributed by atoms with E-state index in [1.807, 2.05) is 28.5 Å². The predicted molar refractivity (Wildman–Crippen MR) is 92.5 cm³/mol. The molecule has 0 atom stereocenters. The van der Waals surface area contributed by atoms with Crippen molar-refractivity contribution in [2.45, 2.75) is 13.0 Å². The summed E-state index contributed by atoms with van der Waals surface area (Å²) in [5, 5.41) is 9.08. The number of hydrogen-bond donors (Lipinski definition) is 1. The Kier molecular flexibility index (Phi) is 3.34. The topological polar surface area (TPSA) is 86.9 Å². The SMILES string of the molecule is Cc1cn2c(n1)c(N1CC(N(C)C(=O)O)C1)nc1ncc(Br)cc12. The molecule has 0 bridgehead atoms. The summed E-state index contributed by atoms with van der Waals surface area (Å²) in [5.41, 5.74) is 3.16. The third-order valence-electron chi connectivity index (χ3n) is 4.32. The summed E-state index contributed by atoms with van der Waals surface area (Å²) in [4.78, 5) is 28.1. The molecule has 1 aliphatic rings. The van der Waals surface area contributed by atoms with Crippen molar-refractivity contribution in [3.05, 3.63) is 28.6 Å². The number of carbonyl (C=O) groups is 1. The zero-order valence-electron chi connectivity index (χ0n) is 13.1. The van der Waals surface area contributed by atoms with E-state index in [2.05, 4.69) is 30.9 Å². The van der Waals surface area contributed by atoms with Crippen LogP contribution in [-0.2, 0) is 0 Å². The van der Waals surface area contributed by atoms with Crippen molar-refractivity contribution in [1.82, 2.24) is 24.3 Å². The molecule has 24 heavy (non-hydrogen) atoms. The minimum absolute atomic E-state index is 0.0333. The second-order valence-corrected chi connectivity index (χ2v) is 6.88. The Hall–Kier alpha value is -2.42. The number of halogens is 1. The van der Waals surface area contributed by atoms with Crippen molar-refractivity contribution in [2.24, 2.45) is 0 Å². The zero-order valence-corrected chi connectivity index (χ0v) is 14.7. The van der Waals surface area contributed by atoms with Gasteiger partial charge in [0.1, 0.15) is 0 Å². The molecular formula is C15H15BrN6O2. The molecule has 3 aromatic rings. The van der Waals surface area contributed by atoms with Gasteiger partial charge in [0.25, 0.3) is 0 Å². The third kappa shape index (κ3) is 2.27. The summed E-state index contributed by atoms with van der Waals surface area (Å²) in [6.07, 6.45) is 2.75. The van der Waals surface area contributed by atoms with Gasteiger partial charge in [-0.05, 0) is 28.9 Å². The number of pyridine rings is 1. The largest absolute Gasteiger partial charge is 0.465 e. The molecule has 0 unspecified atom stereocenters. The number of amides is 1. The van der Waals surface area contributed by atoms with Crippen LogP contribution < -0.4 is 4.90 Å². The van der Waals surface area contributed by atoms with Gasteiger partial charge in [-0.2, -0.15) is 0 Å². The van der Waals surface area contributed by atoms with Gasteiger partial charge in [0, 0.05) is 37.0 Å². The molecule has 0 saturated carbocycles. The van der Waals surface area contributed by atoms with Crippen LogP contribution >= 0.6 is 15.9 Å². The average Bonchev–Trinajstić information content (AvgIpc) is 2.88. The lowest BCUT2D eigenvalue weighted by atomic mass is 10.1. The molecule has 0 radical (unpaired) electrons. The van der Waals surface area contributed by atoms with Crippen LogP contribution in [0.3, 0.4) is 0 Å². The standard InChI is InChI=1S/C15H15BrN6O2/c1-8-5-22-11-3-9(16)4-17-12(11)19-13(14(22)18-8)21-6-10(7-21)20(2)15(23)24/h3-5,10H,6-7H2,1-2H3,(H,23,24). The Bertz CT molecular complexity index is 965. The number of carboxylic acid groups (broad SMARTS) is 1. The molecule has 4 heterocycles. The summed E-state index contributed by atoms with van der Waals surface area (Å²) in [7, 11) is 1.59. The van der Waals surface area contributed by atoms with Crippen LogP contribution in [0.1, 0.15) is 5.69 Å². The number of likely N-dealkylation sites (N-methyl/N-ethyl adjacent to an activating group) is 1. The Morgan fingerprint density at radius 3 is 2.88 bits per heavy atom. The summed E-state index contributed by atoms with van der Waals surface area (Å²) >= 11 is 3.44. The van der Waals surface area contributed by atoms with Gasteiger partial charge in [-0.1, -0.05) is 0 Å². The molecule has 1 aliphatic heterocycles. The van der Waals surface area contributed by atoms with Crippen molar-refractivity contribution in [1.29, 1.82) is 0 Å². The molecule has 1 amide bonds. The highest BCUT2D eigenvalue weighted by molar-refractivity contribution is 9.10. The Morgan fingerprint density at radius 2 is 2.17 bits per heavy atom. The van der Waals surface area contributed by atoms with E-state index < -0.39 is 6.09 Å². The van der Waals surface area contributed by atoms with Crippen molar-refractivity contribution in [3.63, 3.8) is 0 Å². The second kappa shape index (κ2) is 5.30. The summed E-state index contributed by atoms with van der Waals surface area (Å²) in [5.74, 6) is 0.737. The molecule has 0 spiro atoms. The van der Waals surface area contributed by atoms with Crippen LogP contribution in [0.5, 0.6) is 0 Å². The van der Waals surface area contributed by atoms with E-state index in [4.69, 9.17) is 5.11 Å². The highest BCUT2D eigenvalue weighted by Gasteiger charge is 2.35. The number of fused-ring (bicyclic) bond motifs is 3. The third-order valence-corrected chi connectivity index (χ3v) is 4.76. The quantitative estimate of drug-likeness (QED) is 0.721. The summed E-state index contributed by atoms with van der Waals surface area (Å²) in [6.45, 7) is 3.13. The van der Waals surface area contributed by atoms with Crippen LogP contribution in [0.25, 0.3) is 16.8 Å². The maximum Gasteiger partial charge on any atom is 0.407 e. The Balaban J connectivity index is 1.78. The molecule has 124 valence electrons. The van der Waals surface area contributed by atoms with Gasteiger partial charge in [0.05, 0.1) is 17.3 Å². The molecule has 1 N–H and O–H groups in total. The number of imidazole rings is 1. The highest BCUT2D eigenvalue weighted by atomic mass is 79.9. The fourth-order valence-electron chi connectivity index (χ4n) is 2.92. The number of aromatic nitrogens is 4. The minimum atomic E-state index is -0.917. The smallest absolute Gasteiger partial charge is 0.407 e. The van der Waals surface area contributed by atoms with Crippen LogP contribution in [0.4, 0.5) is 10.6 Å². The van der Waals surface area contributed by atoms with Gasteiger partial charge in [0.2, 0.25) is 0 Å². The van der Waals surface area contributed by atoms with E-state index in [-0.39, 0.29) is 6.04 Å². The normalized spacial score (nSPS) is 15.0. The molecule has 8 nitrogen and oxygen atoms in total. The highest BCUT2D eigenvalue weighted by Crippen LogP contribution is 2.29. The van der Waals surface area contributed by atoms with Gasteiger partial charge in [-0.25, -0.2) is 19.7 Å². The predicted octanol–water partition coefficient (Wildman–Crippen LogP) is 2.15. The fraction of sp³-hybridized carbons (Fsp3) is 0.333. The van der Waals surface area contributed by atoms with E-state index >= 15 is 0 Å². The van der Waals surface area contributed by atoms with Crippen molar-refractivity contribution < 1.29 is 9.90 Å². The van der Waals surface area contributed by atoms with E-state index in [1.54, 1.807) is 13.2 Å². The monoisotopic (exact) mass is 390 g/mol. The lowest BCUT2D eigenvalue weighted by molar-refractivity contribution is 0.130. The molecule has 3 aromatic heterocycles. The second-order valence-electron chi connectivity index (χ2n) is 5.96. The zero-order chi connectivity index (χ0) is 17.0. The first kappa shape index (κ1) is 15.1. The van der Waals surface area contributed by atoms with Crippen molar-refractivity contribution in [2.75, 3.05) is 25.0 Å². The van der Waals surface area contributed by atoms with E-state index in [0.717, 1.165) is 27.1 Å². The van der Waals surface area contributed by atoms with Crippen LogP contribution in [0.15, 0.2) is 22.9 Å². The maximum absolute atomic E-state index is 11.1. The van der Waals surface area contributed by atoms with Crippen LogP contribution in [0.2, 0.25) is 0 Å². The van der Waals surface area contributed by atoms with Crippen molar-refractivity contribution >= 4 is 44.7 Å². The molecule has 1 saturated heterocycles. The van der Waals surface area contributed by atoms with Gasteiger partial charge in [-0.3, -0.25) is 4.40 Å². The van der Waals surface area contributed by atoms with Crippen LogP contribution in [-0.4, -0.2) is 61.6 Å². The van der Waals surface area contributed by atoms with E-state index in [0.29, 0.717) is 18.7 Å². The number of rotatable bonds is 2. The number of aryl methyl sites for hydroxylation is 1. The summed E-state index contributed by atoms with van der Waals surface area (Å²) < 4.78 is 2.86. The molecule has 9 heteroatoms. The van der Waals surface area contributed by atoms with Crippen LogP contribution in [0, 0.1) is 6.92 Å². The maximum atomic E-state index is 11.1. The first-order valence-electron chi connectivity index (χ1n) is 7.45. The lowest BCUT2D eigenvalue weighted by Crippen LogP contribution is -2.60. The summed E-state index contributed by atoms with van der Waals surface area (Å²) in [6, 6.07) is 1.93. The van der Waals surface area contributed by atoms with Gasteiger partial charge in [0.15, 0.2) is 17.1 Å². The molecule has 0 aromatic carbocycles. The molecule has 4 rings (SSSR count). The number of nitrogens with zero attached hydrogens (tertiary/aromatic N) is 6. The Morgan fingerprint density at radius 1 is 1.42 bits per heavy atom. The average molecular weight is 391 g/mol. The molecule has 0 aliphatic carbocycles. The molecule has 1 fully saturated rings. The Labute approximate surface area is 145 Å². The first-order valence-corrected chi connectivity index (χ1v) is 8.25. The van der Waals surface area contributed by atoms with Gasteiger partial charge in [-0.15, -0.1) is 0 Å². The van der Waals surface area contributed by atoms with Crippen molar-refractivity contribution in [3.8, 4) is 0 Å². The lowest BCUT2D eigenvalue weighted by Gasteiger charge is -2.43. The number of anilines is 1.